The molecule has 1 atom stereocenters. The van der Waals surface area contributed by atoms with Crippen LogP contribution in [-0.4, -0.2) is 4.98 Å². The Hall–Kier alpha value is -1.28. The molecule has 0 saturated heterocycles. The standard InChI is InChI=1S/C14H18N2/c15-14(10-4-1-2-5-10)12-6-3-7-13-11(12)8-9-16-13/h3,6-10,14,16H,1-2,4-5,15H2/t14-/m0/s1. The Labute approximate surface area is 95.8 Å². The summed E-state index contributed by atoms with van der Waals surface area (Å²) in [5.74, 6) is 0.681. The smallest absolute Gasteiger partial charge is 0.0457 e. The lowest BCUT2D eigenvalue weighted by Crippen LogP contribution is -2.19. The lowest BCUT2D eigenvalue weighted by atomic mass is 9.90. The third kappa shape index (κ3) is 1.54. The highest BCUT2D eigenvalue weighted by Crippen LogP contribution is 2.36. The first-order valence-electron chi connectivity index (χ1n) is 6.18. The van der Waals surface area contributed by atoms with Crippen LogP contribution in [0.2, 0.25) is 0 Å². The van der Waals surface area contributed by atoms with E-state index in [1.807, 2.05) is 6.20 Å². The van der Waals surface area contributed by atoms with Gasteiger partial charge in [-0.2, -0.15) is 0 Å². The number of H-pyrrole nitrogens is 1. The quantitative estimate of drug-likeness (QED) is 0.790. The fourth-order valence-electron chi connectivity index (χ4n) is 2.97. The molecule has 2 nitrogen and oxygen atoms in total. The summed E-state index contributed by atoms with van der Waals surface area (Å²) in [6.45, 7) is 0. The van der Waals surface area contributed by atoms with Crippen LogP contribution in [0.15, 0.2) is 30.5 Å². The van der Waals surface area contributed by atoms with Crippen molar-refractivity contribution in [1.29, 1.82) is 0 Å². The Morgan fingerprint density at radius 2 is 2.00 bits per heavy atom. The highest BCUT2D eigenvalue weighted by Gasteiger charge is 2.24. The van der Waals surface area contributed by atoms with Gasteiger partial charge in [0, 0.05) is 23.1 Å². The van der Waals surface area contributed by atoms with Gasteiger partial charge in [0.15, 0.2) is 0 Å². The van der Waals surface area contributed by atoms with Crippen molar-refractivity contribution in [3.8, 4) is 0 Å². The van der Waals surface area contributed by atoms with Crippen molar-refractivity contribution < 1.29 is 0 Å². The van der Waals surface area contributed by atoms with Gasteiger partial charge in [0.25, 0.3) is 0 Å². The van der Waals surface area contributed by atoms with Crippen LogP contribution in [0, 0.1) is 5.92 Å². The van der Waals surface area contributed by atoms with Crippen LogP contribution in [-0.2, 0) is 0 Å². The van der Waals surface area contributed by atoms with Crippen molar-refractivity contribution in [1.82, 2.24) is 4.98 Å². The fraction of sp³-hybridized carbons (Fsp3) is 0.429. The monoisotopic (exact) mass is 214 g/mol. The molecule has 1 fully saturated rings. The third-order valence-electron chi connectivity index (χ3n) is 3.90. The molecule has 1 heterocycles. The van der Waals surface area contributed by atoms with Crippen LogP contribution in [0.3, 0.4) is 0 Å². The molecule has 1 saturated carbocycles. The van der Waals surface area contributed by atoms with Gasteiger partial charge in [-0.05, 0) is 36.5 Å². The van der Waals surface area contributed by atoms with E-state index in [-0.39, 0.29) is 6.04 Å². The molecule has 1 aromatic carbocycles. The van der Waals surface area contributed by atoms with Crippen LogP contribution in [0.1, 0.15) is 37.3 Å². The molecule has 0 unspecified atom stereocenters. The zero-order valence-corrected chi connectivity index (χ0v) is 9.45. The van der Waals surface area contributed by atoms with E-state index in [1.54, 1.807) is 0 Å². The Bertz CT molecular complexity index is 480. The van der Waals surface area contributed by atoms with Crippen LogP contribution >= 0.6 is 0 Å². The molecular formula is C14H18N2. The van der Waals surface area contributed by atoms with Crippen molar-refractivity contribution >= 4 is 10.9 Å². The first kappa shape index (κ1) is 9.91. The lowest BCUT2D eigenvalue weighted by Gasteiger charge is -2.20. The number of hydrogen-bond acceptors (Lipinski definition) is 1. The predicted molar refractivity (Wildman–Crippen MR) is 67.2 cm³/mol. The minimum Gasteiger partial charge on any atom is -0.361 e. The Morgan fingerprint density at radius 1 is 1.19 bits per heavy atom. The van der Waals surface area contributed by atoms with E-state index in [0.717, 1.165) is 0 Å². The summed E-state index contributed by atoms with van der Waals surface area (Å²) in [6, 6.07) is 8.74. The largest absolute Gasteiger partial charge is 0.361 e. The molecule has 16 heavy (non-hydrogen) atoms. The van der Waals surface area contributed by atoms with E-state index >= 15 is 0 Å². The minimum atomic E-state index is 0.210. The average Bonchev–Trinajstić information content (AvgIpc) is 2.98. The van der Waals surface area contributed by atoms with Gasteiger partial charge < -0.3 is 10.7 Å². The van der Waals surface area contributed by atoms with E-state index in [1.165, 1.54) is 42.1 Å². The minimum absolute atomic E-state index is 0.210. The van der Waals surface area contributed by atoms with E-state index < -0.39 is 0 Å². The Kier molecular flexibility index (Phi) is 2.44. The Balaban J connectivity index is 2.00. The van der Waals surface area contributed by atoms with E-state index in [4.69, 9.17) is 5.73 Å². The first-order chi connectivity index (χ1) is 7.86. The summed E-state index contributed by atoms with van der Waals surface area (Å²) < 4.78 is 0. The van der Waals surface area contributed by atoms with Gasteiger partial charge in [0.1, 0.15) is 0 Å². The fourth-order valence-corrected chi connectivity index (χ4v) is 2.97. The second-order valence-corrected chi connectivity index (χ2v) is 4.86. The number of fused-ring (bicyclic) bond motifs is 1. The van der Waals surface area contributed by atoms with Gasteiger partial charge in [-0.1, -0.05) is 25.0 Å². The number of aromatic amines is 1. The van der Waals surface area contributed by atoms with Crippen molar-refractivity contribution in [2.75, 3.05) is 0 Å². The normalized spacial score (nSPS) is 19.3. The summed E-state index contributed by atoms with van der Waals surface area (Å²) in [5.41, 5.74) is 8.92. The maximum atomic E-state index is 6.41. The zero-order valence-electron chi connectivity index (χ0n) is 9.45. The molecule has 0 bridgehead atoms. The predicted octanol–water partition coefficient (Wildman–Crippen LogP) is 3.36. The summed E-state index contributed by atoms with van der Waals surface area (Å²) in [6.07, 6.45) is 7.28. The molecular weight excluding hydrogens is 196 g/mol. The zero-order chi connectivity index (χ0) is 11.0. The van der Waals surface area contributed by atoms with Crippen LogP contribution < -0.4 is 5.73 Å². The second kappa shape index (κ2) is 3.95. The molecule has 0 aliphatic heterocycles. The van der Waals surface area contributed by atoms with Gasteiger partial charge in [-0.15, -0.1) is 0 Å². The average molecular weight is 214 g/mol. The number of rotatable bonds is 2. The van der Waals surface area contributed by atoms with Gasteiger partial charge in [0.2, 0.25) is 0 Å². The van der Waals surface area contributed by atoms with Gasteiger partial charge >= 0.3 is 0 Å². The highest BCUT2D eigenvalue weighted by atomic mass is 14.7. The maximum absolute atomic E-state index is 6.41. The number of aromatic nitrogens is 1. The molecule has 3 rings (SSSR count). The molecule has 1 aliphatic rings. The topological polar surface area (TPSA) is 41.8 Å². The second-order valence-electron chi connectivity index (χ2n) is 4.86. The molecule has 0 amide bonds. The van der Waals surface area contributed by atoms with E-state index in [9.17, 15) is 0 Å². The van der Waals surface area contributed by atoms with Crippen LogP contribution in [0.25, 0.3) is 10.9 Å². The molecule has 1 aliphatic carbocycles. The summed E-state index contributed by atoms with van der Waals surface area (Å²) in [4.78, 5) is 3.25. The van der Waals surface area contributed by atoms with Crippen molar-refractivity contribution in [3.05, 3.63) is 36.0 Å². The third-order valence-corrected chi connectivity index (χ3v) is 3.90. The molecule has 1 aromatic heterocycles. The molecule has 0 radical (unpaired) electrons. The molecule has 2 aromatic rings. The van der Waals surface area contributed by atoms with Crippen molar-refractivity contribution in [2.24, 2.45) is 11.7 Å². The maximum Gasteiger partial charge on any atom is 0.0457 e. The molecule has 0 spiro atoms. The van der Waals surface area contributed by atoms with Crippen molar-refractivity contribution in [3.63, 3.8) is 0 Å². The van der Waals surface area contributed by atoms with Gasteiger partial charge in [-0.25, -0.2) is 0 Å². The SMILES string of the molecule is N[C@H](c1cccc2[nH]ccc12)C1CCCC1. The Morgan fingerprint density at radius 3 is 2.81 bits per heavy atom. The molecule has 3 N–H and O–H groups in total. The number of hydrogen-bond donors (Lipinski definition) is 2. The summed E-state index contributed by atoms with van der Waals surface area (Å²) in [7, 11) is 0. The molecule has 2 heteroatoms. The van der Waals surface area contributed by atoms with Crippen LogP contribution in [0.5, 0.6) is 0 Å². The summed E-state index contributed by atoms with van der Waals surface area (Å²) in [5, 5.41) is 1.29. The number of benzene rings is 1. The number of nitrogens with two attached hydrogens (primary N) is 1. The number of nitrogens with one attached hydrogen (secondary N) is 1. The summed E-state index contributed by atoms with van der Waals surface area (Å²) >= 11 is 0. The van der Waals surface area contributed by atoms with E-state index in [0.29, 0.717) is 5.92 Å². The van der Waals surface area contributed by atoms with Crippen molar-refractivity contribution in [2.45, 2.75) is 31.7 Å². The van der Waals surface area contributed by atoms with Gasteiger partial charge in [-0.3, -0.25) is 0 Å². The van der Waals surface area contributed by atoms with E-state index in [2.05, 4.69) is 29.2 Å². The first-order valence-corrected chi connectivity index (χ1v) is 6.18. The molecule has 84 valence electrons. The van der Waals surface area contributed by atoms with Gasteiger partial charge in [0.05, 0.1) is 0 Å². The highest BCUT2D eigenvalue weighted by molar-refractivity contribution is 5.83. The van der Waals surface area contributed by atoms with Crippen LogP contribution in [0.4, 0.5) is 0 Å². The lowest BCUT2D eigenvalue weighted by molar-refractivity contribution is 0.447.